The molecule has 104 valence electrons. The topological polar surface area (TPSA) is 36.9 Å². The molecule has 0 fully saturated rings. The van der Waals surface area contributed by atoms with Gasteiger partial charge in [-0.3, -0.25) is 0 Å². The molecule has 0 aliphatic carbocycles. The molecule has 0 amide bonds. The molecule has 1 aliphatic heterocycles. The lowest BCUT2D eigenvalue weighted by atomic mass is 10.3. The first-order chi connectivity index (χ1) is 8.83. The van der Waals surface area contributed by atoms with E-state index in [1.165, 1.54) is 0 Å². The van der Waals surface area contributed by atoms with E-state index in [9.17, 15) is 0 Å². The summed E-state index contributed by atoms with van der Waals surface area (Å²) in [4.78, 5) is 0. The number of rotatable bonds is 9. The maximum absolute atomic E-state index is 5.73. The smallest absolute Gasteiger partial charge is 0.206 e. The van der Waals surface area contributed by atoms with Gasteiger partial charge in [0, 0.05) is 0 Å². The zero-order chi connectivity index (χ0) is 13.2. The first-order valence-corrected chi connectivity index (χ1v) is 6.77. The Balaban J connectivity index is 2.73. The summed E-state index contributed by atoms with van der Waals surface area (Å²) in [6.07, 6.45) is 4.47. The summed E-state index contributed by atoms with van der Waals surface area (Å²) in [5.74, 6) is 2.08. The van der Waals surface area contributed by atoms with Gasteiger partial charge in [-0.05, 0) is 19.3 Å². The Morgan fingerprint density at radius 2 is 1.56 bits per heavy atom. The van der Waals surface area contributed by atoms with E-state index in [2.05, 4.69) is 20.8 Å². The highest BCUT2D eigenvalue weighted by Crippen LogP contribution is 2.24. The van der Waals surface area contributed by atoms with Gasteiger partial charge >= 0.3 is 0 Å². The predicted molar refractivity (Wildman–Crippen MR) is 69.8 cm³/mol. The van der Waals surface area contributed by atoms with Gasteiger partial charge in [-0.15, -0.1) is 0 Å². The zero-order valence-electron chi connectivity index (χ0n) is 11.7. The monoisotopic (exact) mass is 256 g/mol. The van der Waals surface area contributed by atoms with E-state index in [1.54, 1.807) is 6.26 Å². The van der Waals surface area contributed by atoms with Gasteiger partial charge in [0.15, 0.2) is 11.5 Å². The van der Waals surface area contributed by atoms with Gasteiger partial charge in [-0.25, -0.2) is 0 Å². The molecule has 1 rings (SSSR count). The van der Waals surface area contributed by atoms with Crippen LogP contribution in [0.3, 0.4) is 0 Å². The molecule has 1 aliphatic rings. The van der Waals surface area contributed by atoms with Gasteiger partial charge in [0.05, 0.1) is 19.8 Å². The Hall–Kier alpha value is -1.32. The van der Waals surface area contributed by atoms with Crippen LogP contribution < -0.4 is 0 Å². The Bertz CT molecular complexity index is 294. The van der Waals surface area contributed by atoms with Crippen LogP contribution >= 0.6 is 0 Å². The third kappa shape index (κ3) is 4.51. The molecule has 0 aromatic rings. The van der Waals surface area contributed by atoms with E-state index < -0.39 is 0 Å². The second-order valence-electron chi connectivity index (χ2n) is 4.09. The molecule has 0 spiro atoms. The van der Waals surface area contributed by atoms with Crippen molar-refractivity contribution in [3.05, 3.63) is 23.5 Å². The van der Waals surface area contributed by atoms with E-state index in [0.29, 0.717) is 37.9 Å². The Kier molecular flexibility index (Phi) is 7.14. The minimum atomic E-state index is 0.415. The van der Waals surface area contributed by atoms with E-state index >= 15 is 0 Å². The highest BCUT2D eigenvalue weighted by molar-refractivity contribution is 5.25. The molecule has 0 unspecified atom stereocenters. The summed E-state index contributed by atoms with van der Waals surface area (Å²) in [6, 6.07) is 0. The van der Waals surface area contributed by atoms with Crippen LogP contribution in [0.25, 0.3) is 0 Å². The van der Waals surface area contributed by atoms with E-state index in [0.717, 1.165) is 25.0 Å². The first-order valence-electron chi connectivity index (χ1n) is 6.77. The Labute approximate surface area is 110 Å². The largest absolute Gasteiger partial charge is 0.490 e. The van der Waals surface area contributed by atoms with Crippen LogP contribution in [0.15, 0.2) is 23.5 Å². The quantitative estimate of drug-likeness (QED) is 0.634. The fourth-order valence-electron chi connectivity index (χ4n) is 1.45. The molecule has 1 heterocycles. The van der Waals surface area contributed by atoms with Crippen molar-refractivity contribution in [1.29, 1.82) is 0 Å². The van der Waals surface area contributed by atoms with Crippen molar-refractivity contribution in [2.24, 2.45) is 0 Å². The van der Waals surface area contributed by atoms with Crippen molar-refractivity contribution in [3.63, 3.8) is 0 Å². The summed E-state index contributed by atoms with van der Waals surface area (Å²) < 4.78 is 22.4. The predicted octanol–water partition coefficient (Wildman–Crippen LogP) is 3.35. The van der Waals surface area contributed by atoms with Crippen molar-refractivity contribution >= 4 is 0 Å². The van der Waals surface area contributed by atoms with Crippen LogP contribution in [0.4, 0.5) is 0 Å². The van der Waals surface area contributed by atoms with E-state index in [1.807, 2.05) is 0 Å². The molecule has 4 nitrogen and oxygen atoms in total. The van der Waals surface area contributed by atoms with Gasteiger partial charge in [0.25, 0.3) is 0 Å². The molecule has 18 heavy (non-hydrogen) atoms. The first kappa shape index (κ1) is 14.7. The second-order valence-corrected chi connectivity index (χ2v) is 4.09. The number of hydrogen-bond acceptors (Lipinski definition) is 4. The van der Waals surface area contributed by atoms with Crippen molar-refractivity contribution in [2.45, 2.75) is 40.0 Å². The highest BCUT2D eigenvalue weighted by atomic mass is 16.6. The Morgan fingerprint density at radius 1 is 0.944 bits per heavy atom. The fraction of sp³-hybridized carbons (Fsp3) is 0.714. The Morgan fingerprint density at radius 3 is 2.22 bits per heavy atom. The van der Waals surface area contributed by atoms with Gasteiger partial charge in [0.2, 0.25) is 5.76 Å². The molecule has 0 saturated heterocycles. The third-order valence-electron chi connectivity index (χ3n) is 2.27. The summed E-state index contributed by atoms with van der Waals surface area (Å²) in [5.41, 5.74) is 0. The average molecular weight is 256 g/mol. The molecule has 0 saturated carbocycles. The molecular weight excluding hydrogens is 232 g/mol. The molecular formula is C14H24O4. The normalized spacial score (nSPS) is 14.9. The summed E-state index contributed by atoms with van der Waals surface area (Å²) in [6.45, 7) is 8.59. The molecule has 4 heteroatoms. The lowest BCUT2D eigenvalue weighted by Crippen LogP contribution is -2.15. The molecule has 0 radical (unpaired) electrons. The van der Waals surface area contributed by atoms with Crippen molar-refractivity contribution in [1.82, 2.24) is 0 Å². The average Bonchev–Trinajstić information content (AvgIpc) is 2.41. The van der Waals surface area contributed by atoms with Gasteiger partial charge < -0.3 is 18.9 Å². The fourth-order valence-corrected chi connectivity index (χ4v) is 1.45. The summed E-state index contributed by atoms with van der Waals surface area (Å²) in [5, 5.41) is 0. The van der Waals surface area contributed by atoms with Crippen LogP contribution in [0.2, 0.25) is 0 Å². The van der Waals surface area contributed by atoms with Crippen LogP contribution in [0, 0.1) is 0 Å². The molecule has 0 bridgehead atoms. The maximum Gasteiger partial charge on any atom is 0.206 e. The lowest BCUT2D eigenvalue weighted by Gasteiger charge is -2.22. The van der Waals surface area contributed by atoms with Crippen LogP contribution in [-0.4, -0.2) is 26.4 Å². The molecule has 0 atom stereocenters. The maximum atomic E-state index is 5.73. The standard InChI is InChI=1S/C14H24O4/c1-4-7-16-12-10-15-11-13(17-8-5-2)14(12)18-9-6-3/h10H,4-9,11H2,1-3H3. The minimum absolute atomic E-state index is 0.415. The highest BCUT2D eigenvalue weighted by Gasteiger charge is 2.21. The van der Waals surface area contributed by atoms with E-state index in [4.69, 9.17) is 18.9 Å². The van der Waals surface area contributed by atoms with Crippen molar-refractivity contribution < 1.29 is 18.9 Å². The van der Waals surface area contributed by atoms with Crippen LogP contribution in [0.5, 0.6) is 0 Å². The van der Waals surface area contributed by atoms with Crippen LogP contribution in [-0.2, 0) is 18.9 Å². The van der Waals surface area contributed by atoms with Gasteiger partial charge in [-0.2, -0.15) is 0 Å². The second kappa shape index (κ2) is 8.72. The number of hydrogen-bond donors (Lipinski definition) is 0. The summed E-state index contributed by atoms with van der Waals surface area (Å²) >= 11 is 0. The van der Waals surface area contributed by atoms with Gasteiger partial charge in [0.1, 0.15) is 12.9 Å². The molecule has 0 aromatic carbocycles. The molecule has 0 aromatic heterocycles. The van der Waals surface area contributed by atoms with Crippen LogP contribution in [0.1, 0.15) is 40.0 Å². The summed E-state index contributed by atoms with van der Waals surface area (Å²) in [7, 11) is 0. The van der Waals surface area contributed by atoms with E-state index in [-0.39, 0.29) is 0 Å². The van der Waals surface area contributed by atoms with Crippen molar-refractivity contribution in [3.8, 4) is 0 Å². The number of ether oxygens (including phenoxy) is 4. The van der Waals surface area contributed by atoms with Gasteiger partial charge in [-0.1, -0.05) is 20.8 Å². The third-order valence-corrected chi connectivity index (χ3v) is 2.27. The SMILES string of the molecule is CCCOC1=COCC(OCCC)=C1OCCC. The lowest BCUT2D eigenvalue weighted by molar-refractivity contribution is 0.0735. The van der Waals surface area contributed by atoms with Crippen molar-refractivity contribution in [2.75, 3.05) is 26.4 Å². The zero-order valence-corrected chi connectivity index (χ0v) is 11.7. The minimum Gasteiger partial charge on any atom is -0.490 e. The molecule has 0 N–H and O–H groups in total.